The summed E-state index contributed by atoms with van der Waals surface area (Å²) in [4.78, 5) is 11.7. The Morgan fingerprint density at radius 2 is 2.27 bits per heavy atom. The zero-order valence-electron chi connectivity index (χ0n) is 10.2. The number of nitrogens with one attached hydrogen (secondary N) is 1. The minimum Gasteiger partial charge on any atom is -0.368 e. The summed E-state index contributed by atoms with van der Waals surface area (Å²) < 4.78 is 0. The maximum atomic E-state index is 11.7. The molecule has 0 bridgehead atoms. The SMILES string of the molecule is CCC(C)NC1(C(N)=O)CCCCC1C. The van der Waals surface area contributed by atoms with E-state index in [1.165, 1.54) is 6.42 Å². The van der Waals surface area contributed by atoms with Crippen LogP contribution in [0.3, 0.4) is 0 Å². The molecule has 0 heterocycles. The van der Waals surface area contributed by atoms with E-state index >= 15 is 0 Å². The molecule has 0 aromatic rings. The molecule has 0 saturated heterocycles. The van der Waals surface area contributed by atoms with Gasteiger partial charge in [-0.1, -0.05) is 26.7 Å². The van der Waals surface area contributed by atoms with Crippen LogP contribution in [0.25, 0.3) is 0 Å². The number of nitrogens with two attached hydrogens (primary N) is 1. The zero-order chi connectivity index (χ0) is 11.5. The Bertz CT molecular complexity index is 230. The van der Waals surface area contributed by atoms with E-state index in [1.807, 2.05) is 0 Å². The van der Waals surface area contributed by atoms with Crippen molar-refractivity contribution in [3.63, 3.8) is 0 Å². The molecule has 1 aliphatic rings. The quantitative estimate of drug-likeness (QED) is 0.746. The molecule has 1 rings (SSSR count). The summed E-state index contributed by atoms with van der Waals surface area (Å²) in [5.41, 5.74) is 5.14. The van der Waals surface area contributed by atoms with Crippen molar-refractivity contribution in [3.05, 3.63) is 0 Å². The summed E-state index contributed by atoms with van der Waals surface area (Å²) in [6.45, 7) is 6.38. The van der Waals surface area contributed by atoms with Gasteiger partial charge in [0.15, 0.2) is 0 Å². The van der Waals surface area contributed by atoms with Crippen molar-refractivity contribution in [2.45, 2.75) is 64.5 Å². The van der Waals surface area contributed by atoms with Gasteiger partial charge in [0.1, 0.15) is 5.54 Å². The summed E-state index contributed by atoms with van der Waals surface area (Å²) in [6, 6.07) is 0.359. The molecule has 1 saturated carbocycles. The number of carbonyl (C=O) groups excluding carboxylic acids is 1. The lowest BCUT2D eigenvalue weighted by Gasteiger charge is -2.42. The van der Waals surface area contributed by atoms with E-state index in [1.54, 1.807) is 0 Å². The van der Waals surface area contributed by atoms with Gasteiger partial charge in [0.25, 0.3) is 0 Å². The third-order valence-electron chi connectivity index (χ3n) is 3.86. The normalized spacial score (nSPS) is 33.7. The van der Waals surface area contributed by atoms with Crippen molar-refractivity contribution in [2.75, 3.05) is 0 Å². The van der Waals surface area contributed by atoms with Gasteiger partial charge in [0.2, 0.25) is 5.91 Å². The van der Waals surface area contributed by atoms with Gasteiger partial charge in [-0.05, 0) is 32.1 Å². The molecule has 0 aliphatic heterocycles. The van der Waals surface area contributed by atoms with Crippen molar-refractivity contribution in [2.24, 2.45) is 11.7 Å². The van der Waals surface area contributed by atoms with Crippen LogP contribution in [0.5, 0.6) is 0 Å². The summed E-state index contributed by atoms with van der Waals surface area (Å²) in [6.07, 6.45) is 5.36. The molecule has 1 amide bonds. The summed E-state index contributed by atoms with van der Waals surface area (Å²) in [7, 11) is 0. The van der Waals surface area contributed by atoms with Gasteiger partial charge in [0.05, 0.1) is 0 Å². The Morgan fingerprint density at radius 1 is 1.60 bits per heavy atom. The molecule has 0 aromatic heterocycles. The first-order valence-electron chi connectivity index (χ1n) is 6.10. The van der Waals surface area contributed by atoms with Crippen LogP contribution in [0, 0.1) is 5.92 Å². The van der Waals surface area contributed by atoms with Crippen LogP contribution < -0.4 is 11.1 Å². The average molecular weight is 212 g/mol. The first kappa shape index (κ1) is 12.5. The molecule has 3 heteroatoms. The number of rotatable bonds is 4. The van der Waals surface area contributed by atoms with Crippen molar-refractivity contribution in [3.8, 4) is 0 Å². The molecule has 0 spiro atoms. The zero-order valence-corrected chi connectivity index (χ0v) is 10.2. The van der Waals surface area contributed by atoms with Crippen LogP contribution in [-0.4, -0.2) is 17.5 Å². The highest BCUT2D eigenvalue weighted by molar-refractivity contribution is 5.85. The molecule has 3 unspecified atom stereocenters. The van der Waals surface area contributed by atoms with Gasteiger partial charge < -0.3 is 11.1 Å². The van der Waals surface area contributed by atoms with Crippen molar-refractivity contribution in [1.82, 2.24) is 5.32 Å². The van der Waals surface area contributed by atoms with Crippen LogP contribution in [0.4, 0.5) is 0 Å². The monoisotopic (exact) mass is 212 g/mol. The van der Waals surface area contributed by atoms with Crippen LogP contribution in [-0.2, 0) is 4.79 Å². The minimum absolute atomic E-state index is 0.171. The van der Waals surface area contributed by atoms with Crippen LogP contribution in [0.2, 0.25) is 0 Å². The Hall–Kier alpha value is -0.570. The lowest BCUT2D eigenvalue weighted by Crippen LogP contribution is -2.62. The first-order valence-corrected chi connectivity index (χ1v) is 6.10. The fourth-order valence-corrected chi connectivity index (χ4v) is 2.54. The first-order chi connectivity index (χ1) is 7.03. The van der Waals surface area contributed by atoms with E-state index in [-0.39, 0.29) is 5.91 Å². The molecule has 3 N–H and O–H groups in total. The molecular weight excluding hydrogens is 188 g/mol. The second-order valence-electron chi connectivity index (χ2n) is 4.94. The lowest BCUT2D eigenvalue weighted by molar-refractivity contribution is -0.128. The average Bonchev–Trinajstić information content (AvgIpc) is 2.21. The van der Waals surface area contributed by atoms with E-state index in [9.17, 15) is 4.79 Å². The second kappa shape index (κ2) is 4.97. The lowest BCUT2D eigenvalue weighted by atomic mass is 9.72. The van der Waals surface area contributed by atoms with Crippen LogP contribution in [0.1, 0.15) is 52.9 Å². The Balaban J connectivity index is 2.81. The third-order valence-corrected chi connectivity index (χ3v) is 3.86. The minimum atomic E-state index is -0.451. The van der Waals surface area contributed by atoms with E-state index in [0.717, 1.165) is 25.7 Å². The largest absolute Gasteiger partial charge is 0.368 e. The molecule has 15 heavy (non-hydrogen) atoms. The number of amides is 1. The fraction of sp³-hybridized carbons (Fsp3) is 0.917. The molecule has 3 nitrogen and oxygen atoms in total. The van der Waals surface area contributed by atoms with Gasteiger partial charge in [-0.3, -0.25) is 4.79 Å². The van der Waals surface area contributed by atoms with Gasteiger partial charge in [-0.25, -0.2) is 0 Å². The Labute approximate surface area is 92.8 Å². The van der Waals surface area contributed by atoms with Crippen molar-refractivity contribution < 1.29 is 4.79 Å². The van der Waals surface area contributed by atoms with Gasteiger partial charge in [-0.15, -0.1) is 0 Å². The van der Waals surface area contributed by atoms with Crippen molar-refractivity contribution in [1.29, 1.82) is 0 Å². The van der Waals surface area contributed by atoms with E-state index in [2.05, 4.69) is 26.1 Å². The molecule has 88 valence electrons. The van der Waals surface area contributed by atoms with Gasteiger partial charge in [-0.2, -0.15) is 0 Å². The third kappa shape index (κ3) is 2.51. The Kier molecular flexibility index (Phi) is 4.14. The van der Waals surface area contributed by atoms with E-state index < -0.39 is 5.54 Å². The number of hydrogen-bond acceptors (Lipinski definition) is 2. The number of carbonyl (C=O) groups is 1. The second-order valence-corrected chi connectivity index (χ2v) is 4.94. The van der Waals surface area contributed by atoms with E-state index in [4.69, 9.17) is 5.73 Å². The van der Waals surface area contributed by atoms with Crippen LogP contribution in [0.15, 0.2) is 0 Å². The fourth-order valence-electron chi connectivity index (χ4n) is 2.54. The maximum absolute atomic E-state index is 11.7. The topological polar surface area (TPSA) is 55.1 Å². The standard InChI is InChI=1S/C12H24N2O/c1-4-10(3)14-12(11(13)15)8-6-5-7-9(12)2/h9-10,14H,4-8H2,1-3H3,(H2,13,15). The molecule has 0 aromatic carbocycles. The summed E-state index contributed by atoms with van der Waals surface area (Å²) in [5, 5.41) is 3.46. The number of primary amides is 1. The van der Waals surface area contributed by atoms with Crippen LogP contribution >= 0.6 is 0 Å². The summed E-state index contributed by atoms with van der Waals surface area (Å²) >= 11 is 0. The van der Waals surface area contributed by atoms with Gasteiger partial charge in [0, 0.05) is 6.04 Å². The Morgan fingerprint density at radius 3 is 2.73 bits per heavy atom. The highest BCUT2D eigenvalue weighted by Gasteiger charge is 2.43. The predicted molar refractivity (Wildman–Crippen MR) is 62.4 cm³/mol. The maximum Gasteiger partial charge on any atom is 0.238 e. The van der Waals surface area contributed by atoms with Crippen molar-refractivity contribution >= 4 is 5.91 Å². The smallest absolute Gasteiger partial charge is 0.238 e. The highest BCUT2D eigenvalue weighted by atomic mass is 16.1. The summed E-state index contributed by atoms with van der Waals surface area (Å²) in [5.74, 6) is 0.188. The predicted octanol–water partition coefficient (Wildman–Crippen LogP) is 1.81. The molecular formula is C12H24N2O. The molecule has 3 atom stereocenters. The molecule has 0 radical (unpaired) electrons. The van der Waals surface area contributed by atoms with Gasteiger partial charge >= 0.3 is 0 Å². The molecule has 1 aliphatic carbocycles. The molecule has 1 fully saturated rings. The number of hydrogen-bond donors (Lipinski definition) is 2. The highest BCUT2D eigenvalue weighted by Crippen LogP contribution is 2.34. The van der Waals surface area contributed by atoms with E-state index in [0.29, 0.717) is 12.0 Å².